The van der Waals surface area contributed by atoms with Gasteiger partial charge in [-0.1, -0.05) is 12.8 Å². The highest BCUT2D eigenvalue weighted by atomic mass is 16.2. The van der Waals surface area contributed by atoms with Gasteiger partial charge in [0.2, 0.25) is 11.8 Å². The zero-order valence-electron chi connectivity index (χ0n) is 20.6. The summed E-state index contributed by atoms with van der Waals surface area (Å²) in [6, 6.07) is 0.870. The first-order valence-electron chi connectivity index (χ1n) is 14.7. The Balaban J connectivity index is 0.875. The molecule has 0 saturated heterocycles. The van der Waals surface area contributed by atoms with Gasteiger partial charge in [0.25, 0.3) is 0 Å². The van der Waals surface area contributed by atoms with Crippen molar-refractivity contribution in [1.29, 1.82) is 0 Å². The second-order valence-electron chi connectivity index (χ2n) is 13.3. The van der Waals surface area contributed by atoms with Gasteiger partial charge in [-0.15, -0.1) is 0 Å². The van der Waals surface area contributed by atoms with Crippen LogP contribution in [-0.2, 0) is 9.59 Å². The number of hydrogen-bond acceptors (Lipinski definition) is 2. The monoisotopic (exact) mass is 454 g/mol. The second kappa shape index (κ2) is 9.53. The molecule has 0 unspecified atom stereocenters. The minimum atomic E-state index is 0.334. The van der Waals surface area contributed by atoms with Gasteiger partial charge >= 0.3 is 0 Å². The third-order valence-corrected chi connectivity index (χ3v) is 11.2. The summed E-state index contributed by atoms with van der Waals surface area (Å²) in [5, 5.41) is 6.90. The fourth-order valence-electron chi connectivity index (χ4n) is 9.30. The lowest BCUT2D eigenvalue weighted by Gasteiger charge is -2.35. The first kappa shape index (κ1) is 22.4. The van der Waals surface area contributed by atoms with Crippen molar-refractivity contribution in [3.8, 4) is 0 Å². The van der Waals surface area contributed by atoms with Crippen molar-refractivity contribution in [2.24, 2.45) is 47.3 Å². The molecule has 33 heavy (non-hydrogen) atoms. The van der Waals surface area contributed by atoms with Crippen LogP contribution >= 0.6 is 0 Å². The van der Waals surface area contributed by atoms with Crippen molar-refractivity contribution in [2.45, 2.75) is 121 Å². The molecule has 4 bridgehead atoms. The highest BCUT2D eigenvalue weighted by Crippen LogP contribution is 2.49. The van der Waals surface area contributed by atoms with E-state index >= 15 is 0 Å². The van der Waals surface area contributed by atoms with Gasteiger partial charge < -0.3 is 10.6 Å². The lowest BCUT2D eigenvalue weighted by Crippen LogP contribution is -2.43. The summed E-state index contributed by atoms with van der Waals surface area (Å²) in [5.74, 6) is 6.23. The molecule has 0 heterocycles. The molecule has 6 fully saturated rings. The van der Waals surface area contributed by atoms with Crippen molar-refractivity contribution in [1.82, 2.24) is 10.6 Å². The summed E-state index contributed by atoms with van der Waals surface area (Å²) in [6.45, 7) is 0. The maximum Gasteiger partial charge on any atom is 0.223 e. The highest BCUT2D eigenvalue weighted by molar-refractivity contribution is 5.80. The van der Waals surface area contributed by atoms with E-state index in [4.69, 9.17) is 0 Å². The number of hydrogen-bond donors (Lipinski definition) is 2. The lowest BCUT2D eigenvalue weighted by molar-refractivity contribution is -0.128. The predicted octanol–water partition coefficient (Wildman–Crippen LogP) is 5.60. The predicted molar refractivity (Wildman–Crippen MR) is 130 cm³/mol. The highest BCUT2D eigenvalue weighted by Gasteiger charge is 2.44. The van der Waals surface area contributed by atoms with Crippen LogP contribution in [0.2, 0.25) is 0 Å². The number of carbonyl (C=O) groups is 2. The van der Waals surface area contributed by atoms with Crippen LogP contribution in [0.3, 0.4) is 0 Å². The molecule has 6 aliphatic rings. The average Bonchev–Trinajstić information content (AvgIpc) is 3.63. The van der Waals surface area contributed by atoms with Gasteiger partial charge in [0, 0.05) is 23.9 Å². The zero-order valence-corrected chi connectivity index (χ0v) is 20.6. The summed E-state index contributed by atoms with van der Waals surface area (Å²) < 4.78 is 0. The van der Waals surface area contributed by atoms with Crippen molar-refractivity contribution < 1.29 is 9.59 Å². The molecule has 0 radical (unpaired) electrons. The number of rotatable bonds is 6. The Morgan fingerprint density at radius 1 is 0.515 bits per heavy atom. The molecule has 0 spiro atoms. The van der Waals surface area contributed by atoms with Crippen molar-refractivity contribution in [2.75, 3.05) is 0 Å². The second-order valence-corrected chi connectivity index (χ2v) is 13.3. The first-order valence-corrected chi connectivity index (χ1v) is 14.7. The standard InChI is InChI=1S/C29H46N2O2/c32-28(26-16-20-1-7-22(26)14-20)30-24-9-3-18(4-10-24)13-19-5-11-25(12-6-19)31-29(33)27-17-21-2-8-23(27)15-21/h18-27H,1-17H2,(H,30,32)(H,31,33)/t18?,19?,20-,21-,22-,23-,24?,25?,26+,27+/m0/s1. The Bertz CT molecular complexity index is 661. The Hall–Kier alpha value is -1.06. The summed E-state index contributed by atoms with van der Waals surface area (Å²) >= 11 is 0. The Morgan fingerprint density at radius 3 is 1.27 bits per heavy atom. The maximum atomic E-state index is 12.8. The summed E-state index contributed by atoms with van der Waals surface area (Å²) in [6.07, 6.45) is 21.6. The molecule has 184 valence electrons. The number of amides is 2. The molecule has 6 aliphatic carbocycles. The molecule has 0 aromatic carbocycles. The van der Waals surface area contributed by atoms with Crippen LogP contribution in [0.15, 0.2) is 0 Å². The molecule has 0 aliphatic heterocycles. The fourth-order valence-corrected chi connectivity index (χ4v) is 9.30. The van der Waals surface area contributed by atoms with Crippen LogP contribution in [0.1, 0.15) is 109 Å². The SMILES string of the molecule is O=C(NC1CCC(CC2CCC(NC(=O)[C@@H]3C[C@H]4CC[C@H]3C4)CC2)CC1)[C@@H]1C[C@H]2CC[C@H]1C2. The summed E-state index contributed by atoms with van der Waals surface area (Å²) in [5.41, 5.74) is 0. The number of fused-ring (bicyclic) bond motifs is 4. The quantitative estimate of drug-likeness (QED) is 0.549. The number of nitrogens with one attached hydrogen (secondary N) is 2. The smallest absolute Gasteiger partial charge is 0.223 e. The van der Waals surface area contributed by atoms with E-state index in [-0.39, 0.29) is 0 Å². The molecule has 0 aromatic rings. The maximum absolute atomic E-state index is 12.8. The van der Waals surface area contributed by atoms with Crippen LogP contribution in [-0.4, -0.2) is 23.9 Å². The van der Waals surface area contributed by atoms with E-state index in [1.807, 2.05) is 0 Å². The van der Waals surface area contributed by atoms with Crippen molar-refractivity contribution in [3.63, 3.8) is 0 Å². The Morgan fingerprint density at radius 2 is 0.939 bits per heavy atom. The molecule has 0 aromatic heterocycles. The zero-order chi connectivity index (χ0) is 22.4. The lowest BCUT2D eigenvalue weighted by atomic mass is 9.75. The van der Waals surface area contributed by atoms with E-state index < -0.39 is 0 Å². The molecule has 6 saturated carbocycles. The van der Waals surface area contributed by atoms with Crippen LogP contribution in [0.25, 0.3) is 0 Å². The minimum absolute atomic E-state index is 0.334. The first-order chi connectivity index (χ1) is 16.1. The minimum Gasteiger partial charge on any atom is -0.353 e. The van der Waals surface area contributed by atoms with E-state index in [1.54, 1.807) is 0 Å². The third-order valence-electron chi connectivity index (χ3n) is 11.2. The van der Waals surface area contributed by atoms with Crippen molar-refractivity contribution >= 4 is 11.8 Å². The summed E-state index contributed by atoms with van der Waals surface area (Å²) in [4.78, 5) is 25.6. The number of carbonyl (C=O) groups excluding carboxylic acids is 2. The van der Waals surface area contributed by atoms with E-state index in [2.05, 4.69) is 10.6 Å². The fraction of sp³-hybridized carbons (Fsp3) is 0.931. The van der Waals surface area contributed by atoms with E-state index in [9.17, 15) is 9.59 Å². The normalized spacial score (nSPS) is 46.4. The van der Waals surface area contributed by atoms with Crippen molar-refractivity contribution in [3.05, 3.63) is 0 Å². The molecule has 4 heteroatoms. The molecule has 6 rings (SSSR count). The average molecular weight is 455 g/mol. The Kier molecular flexibility index (Phi) is 6.47. The van der Waals surface area contributed by atoms with Gasteiger partial charge in [-0.2, -0.15) is 0 Å². The van der Waals surface area contributed by atoms with E-state index in [0.29, 0.717) is 47.6 Å². The van der Waals surface area contributed by atoms with E-state index in [0.717, 1.165) is 36.5 Å². The van der Waals surface area contributed by atoms with Crippen LogP contribution in [0.4, 0.5) is 0 Å². The van der Waals surface area contributed by atoms with Crippen LogP contribution in [0, 0.1) is 47.3 Å². The van der Waals surface area contributed by atoms with Gasteiger partial charge in [0.05, 0.1) is 0 Å². The largest absolute Gasteiger partial charge is 0.353 e. The topological polar surface area (TPSA) is 58.2 Å². The van der Waals surface area contributed by atoms with Crippen LogP contribution in [0.5, 0.6) is 0 Å². The summed E-state index contributed by atoms with van der Waals surface area (Å²) in [7, 11) is 0. The van der Waals surface area contributed by atoms with Crippen LogP contribution < -0.4 is 10.6 Å². The van der Waals surface area contributed by atoms with E-state index in [1.165, 1.54) is 96.3 Å². The molecule has 2 amide bonds. The van der Waals surface area contributed by atoms with Gasteiger partial charge in [0.15, 0.2) is 0 Å². The van der Waals surface area contributed by atoms with Gasteiger partial charge in [-0.05, 0) is 132 Å². The molecule has 6 atom stereocenters. The Labute approximate surface area is 200 Å². The molecule has 4 nitrogen and oxygen atoms in total. The van der Waals surface area contributed by atoms with Gasteiger partial charge in [0.1, 0.15) is 0 Å². The molecular formula is C29H46N2O2. The van der Waals surface area contributed by atoms with Gasteiger partial charge in [-0.25, -0.2) is 0 Å². The molecule has 2 N–H and O–H groups in total. The third kappa shape index (κ3) is 4.87. The van der Waals surface area contributed by atoms with Gasteiger partial charge in [-0.3, -0.25) is 9.59 Å². The molecular weight excluding hydrogens is 408 g/mol.